The smallest absolute Gasteiger partial charge is 0.293 e. The van der Waals surface area contributed by atoms with Gasteiger partial charge >= 0.3 is 0 Å². The van der Waals surface area contributed by atoms with Gasteiger partial charge in [-0.15, -0.1) is 0 Å². The molecule has 1 saturated heterocycles. The van der Waals surface area contributed by atoms with E-state index in [2.05, 4.69) is 22.1 Å². The monoisotopic (exact) mass is 527 g/mol. The highest BCUT2D eigenvalue weighted by Gasteiger charge is 2.26. The first-order valence-corrected chi connectivity index (χ1v) is 13.1. The number of halogens is 1. The molecule has 0 bridgehead atoms. The number of rotatable bonds is 9. The van der Waals surface area contributed by atoms with Gasteiger partial charge in [0.1, 0.15) is 11.6 Å². The number of carbonyl (C=O) groups excluding carboxylic acids is 1. The zero-order valence-electron chi connectivity index (χ0n) is 22.0. The number of nitrogens with one attached hydrogen (secondary N) is 1. The van der Waals surface area contributed by atoms with Gasteiger partial charge in [-0.3, -0.25) is 9.59 Å². The number of anilines is 3. The van der Waals surface area contributed by atoms with Gasteiger partial charge in [0.05, 0.1) is 23.9 Å². The third kappa shape index (κ3) is 6.05. The van der Waals surface area contributed by atoms with E-state index in [-0.39, 0.29) is 41.9 Å². The molecule has 4 rings (SSSR count). The summed E-state index contributed by atoms with van der Waals surface area (Å²) in [6, 6.07) is 7.25. The van der Waals surface area contributed by atoms with E-state index in [4.69, 9.17) is 26.1 Å². The molecule has 0 saturated carbocycles. The van der Waals surface area contributed by atoms with Crippen molar-refractivity contribution in [3.8, 4) is 5.75 Å². The number of pyridine rings is 1. The Balaban J connectivity index is 1.66. The van der Waals surface area contributed by atoms with Crippen LogP contribution in [0, 0.1) is 0 Å². The Labute approximate surface area is 221 Å². The van der Waals surface area contributed by atoms with E-state index in [0.29, 0.717) is 36.3 Å². The molecule has 2 aromatic heterocycles. The number of ketones is 1. The number of fused-ring (bicyclic) bond motifs is 1. The molecule has 0 unspecified atom stereocenters. The molecule has 0 spiro atoms. The second-order valence-electron chi connectivity index (χ2n) is 9.61. The van der Waals surface area contributed by atoms with Crippen molar-refractivity contribution in [1.29, 1.82) is 0 Å². The molecule has 0 radical (unpaired) electrons. The van der Waals surface area contributed by atoms with E-state index < -0.39 is 0 Å². The van der Waals surface area contributed by atoms with E-state index >= 15 is 0 Å². The molecule has 1 aromatic carbocycles. The molecule has 0 amide bonds. The van der Waals surface area contributed by atoms with Crippen molar-refractivity contribution in [3.05, 3.63) is 45.8 Å². The predicted octanol–water partition coefficient (Wildman–Crippen LogP) is 5.13. The molecule has 3 heterocycles. The maximum atomic E-state index is 13.1. The third-order valence-corrected chi connectivity index (χ3v) is 6.64. The average Bonchev–Trinajstić information content (AvgIpc) is 2.87. The van der Waals surface area contributed by atoms with Gasteiger partial charge in [0.15, 0.2) is 17.4 Å². The summed E-state index contributed by atoms with van der Waals surface area (Å²) in [6.45, 7) is 11.1. The van der Waals surface area contributed by atoms with Gasteiger partial charge in [0.25, 0.3) is 5.56 Å². The minimum atomic E-state index is -0.263. The number of morpholine rings is 1. The SMILES string of the molecule is CCC(=O)COc1cc2cc(Nc3nc(N4C[C@H](CC)O[C@H](C)C4)ncc3Cl)ccc2n(C(C)C)c1=O. The zero-order valence-corrected chi connectivity index (χ0v) is 22.7. The van der Waals surface area contributed by atoms with Crippen molar-refractivity contribution in [2.24, 2.45) is 0 Å². The summed E-state index contributed by atoms with van der Waals surface area (Å²) in [5.41, 5.74) is 1.24. The lowest BCUT2D eigenvalue weighted by Gasteiger charge is -2.36. The summed E-state index contributed by atoms with van der Waals surface area (Å²) < 4.78 is 13.3. The maximum absolute atomic E-state index is 13.1. The number of hydrogen-bond donors (Lipinski definition) is 1. The molecule has 1 N–H and O–H groups in total. The fraction of sp³-hybridized carbons (Fsp3) is 0.481. The van der Waals surface area contributed by atoms with E-state index in [1.165, 1.54) is 0 Å². The van der Waals surface area contributed by atoms with Crippen LogP contribution in [0.25, 0.3) is 10.9 Å². The summed E-state index contributed by atoms with van der Waals surface area (Å²) in [5.74, 6) is 1.15. The highest BCUT2D eigenvalue weighted by molar-refractivity contribution is 6.32. The average molecular weight is 528 g/mol. The van der Waals surface area contributed by atoms with Crippen LogP contribution >= 0.6 is 11.6 Å². The van der Waals surface area contributed by atoms with Crippen molar-refractivity contribution in [2.45, 2.75) is 65.7 Å². The van der Waals surface area contributed by atoms with Gasteiger partial charge in [-0.2, -0.15) is 4.98 Å². The molecule has 2 atom stereocenters. The van der Waals surface area contributed by atoms with Crippen molar-refractivity contribution >= 4 is 45.7 Å². The highest BCUT2D eigenvalue weighted by Crippen LogP contribution is 2.29. The van der Waals surface area contributed by atoms with Gasteiger partial charge in [-0.05, 0) is 51.5 Å². The topological polar surface area (TPSA) is 98.6 Å². The number of ether oxygens (including phenoxy) is 2. The Morgan fingerprint density at radius 1 is 1.27 bits per heavy atom. The highest BCUT2D eigenvalue weighted by atomic mass is 35.5. The van der Waals surface area contributed by atoms with Gasteiger partial charge < -0.3 is 24.3 Å². The predicted molar refractivity (Wildman–Crippen MR) is 147 cm³/mol. The van der Waals surface area contributed by atoms with Crippen LogP contribution in [0.15, 0.2) is 35.3 Å². The summed E-state index contributed by atoms with van der Waals surface area (Å²) in [7, 11) is 0. The lowest BCUT2D eigenvalue weighted by atomic mass is 10.1. The van der Waals surface area contributed by atoms with Crippen LogP contribution in [0.3, 0.4) is 0 Å². The van der Waals surface area contributed by atoms with Crippen molar-refractivity contribution in [1.82, 2.24) is 14.5 Å². The molecule has 1 aliphatic rings. The van der Waals surface area contributed by atoms with Gasteiger partial charge in [0.2, 0.25) is 5.95 Å². The minimum Gasteiger partial charge on any atom is -0.480 e. The standard InChI is InChI=1S/C27H34ClN5O4/c1-6-20(34)15-36-24-11-18-10-19(8-9-23(18)33(16(3)4)26(24)35)30-25-22(28)12-29-27(31-25)32-13-17(5)37-21(7-2)14-32/h8-12,16-17,21H,6-7,13-15H2,1-5H3,(H,29,30,31)/t17-,21+/m1/s1. The lowest BCUT2D eigenvalue weighted by Crippen LogP contribution is -2.47. The van der Waals surface area contributed by atoms with Crippen molar-refractivity contribution < 1.29 is 14.3 Å². The Morgan fingerprint density at radius 3 is 2.76 bits per heavy atom. The second-order valence-corrected chi connectivity index (χ2v) is 10.0. The summed E-state index contributed by atoms with van der Waals surface area (Å²) in [6.07, 6.45) is 3.07. The summed E-state index contributed by atoms with van der Waals surface area (Å²) in [4.78, 5) is 36.1. The molecule has 37 heavy (non-hydrogen) atoms. The number of nitrogens with zero attached hydrogens (tertiary/aromatic N) is 4. The first kappa shape index (κ1) is 26.9. The van der Waals surface area contributed by atoms with Crippen LogP contribution in [0.4, 0.5) is 17.5 Å². The van der Waals surface area contributed by atoms with Crippen LogP contribution in [0.2, 0.25) is 5.02 Å². The van der Waals surface area contributed by atoms with E-state index in [1.54, 1.807) is 23.8 Å². The molecule has 3 aromatic rings. The number of carbonyl (C=O) groups is 1. The minimum absolute atomic E-state index is 0.0693. The Hall–Kier alpha value is -3.17. The second kappa shape index (κ2) is 11.5. The van der Waals surface area contributed by atoms with E-state index in [0.717, 1.165) is 23.0 Å². The van der Waals surface area contributed by atoms with Gasteiger partial charge in [-0.25, -0.2) is 4.98 Å². The molecular weight excluding hydrogens is 494 g/mol. The number of Topliss-reactive ketones (excluding diaryl/α,β-unsaturated/α-hetero) is 1. The summed E-state index contributed by atoms with van der Waals surface area (Å²) in [5, 5.41) is 4.48. The van der Waals surface area contributed by atoms with Crippen LogP contribution < -0.4 is 20.5 Å². The van der Waals surface area contributed by atoms with Crippen LogP contribution in [0.5, 0.6) is 5.75 Å². The van der Waals surface area contributed by atoms with Crippen LogP contribution in [0.1, 0.15) is 53.5 Å². The lowest BCUT2D eigenvalue weighted by molar-refractivity contribution is -0.120. The van der Waals surface area contributed by atoms with E-state index in [9.17, 15) is 9.59 Å². The maximum Gasteiger partial charge on any atom is 0.293 e. The number of aromatic nitrogens is 3. The fourth-order valence-electron chi connectivity index (χ4n) is 4.44. The van der Waals surface area contributed by atoms with E-state index in [1.807, 2.05) is 39.0 Å². The fourth-order valence-corrected chi connectivity index (χ4v) is 4.58. The number of benzene rings is 1. The largest absolute Gasteiger partial charge is 0.480 e. The summed E-state index contributed by atoms with van der Waals surface area (Å²) >= 11 is 6.46. The Bertz CT molecular complexity index is 1340. The third-order valence-electron chi connectivity index (χ3n) is 6.36. The Morgan fingerprint density at radius 2 is 2.05 bits per heavy atom. The molecule has 0 aliphatic carbocycles. The molecule has 9 nitrogen and oxygen atoms in total. The van der Waals surface area contributed by atoms with Crippen molar-refractivity contribution in [3.63, 3.8) is 0 Å². The molecular formula is C27H34ClN5O4. The Kier molecular flexibility index (Phi) is 8.34. The quantitative estimate of drug-likeness (QED) is 0.409. The normalized spacial score (nSPS) is 17.9. The molecule has 1 aliphatic heterocycles. The first-order chi connectivity index (χ1) is 17.7. The van der Waals surface area contributed by atoms with Gasteiger partial charge in [0, 0.05) is 36.6 Å². The molecule has 1 fully saturated rings. The van der Waals surface area contributed by atoms with Crippen LogP contribution in [-0.4, -0.2) is 52.2 Å². The van der Waals surface area contributed by atoms with Crippen molar-refractivity contribution in [2.75, 3.05) is 29.9 Å². The first-order valence-electron chi connectivity index (χ1n) is 12.7. The zero-order chi connectivity index (χ0) is 26.7. The molecule has 10 heteroatoms. The number of hydrogen-bond acceptors (Lipinski definition) is 8. The van der Waals surface area contributed by atoms with Crippen LogP contribution in [-0.2, 0) is 9.53 Å². The van der Waals surface area contributed by atoms with Gasteiger partial charge in [-0.1, -0.05) is 25.4 Å². The molecule has 198 valence electrons.